The highest BCUT2D eigenvalue weighted by Crippen LogP contribution is 2.47. The molecule has 3 aliphatic carbocycles. The van der Waals surface area contributed by atoms with Crippen molar-refractivity contribution in [3.63, 3.8) is 0 Å². The van der Waals surface area contributed by atoms with E-state index in [4.69, 9.17) is 0 Å². The van der Waals surface area contributed by atoms with E-state index in [0.29, 0.717) is 0 Å². The number of rotatable bonds is 6. The smallest absolute Gasteiger partial charge is 0.0110 e. The van der Waals surface area contributed by atoms with E-state index in [-0.39, 0.29) is 0 Å². The van der Waals surface area contributed by atoms with E-state index in [2.05, 4.69) is 29.8 Å². The second-order valence-corrected chi connectivity index (χ2v) is 10.6. The van der Waals surface area contributed by atoms with Gasteiger partial charge >= 0.3 is 0 Å². The second kappa shape index (κ2) is 10.6. The first-order valence-electron chi connectivity index (χ1n) is 12.9. The minimum Gasteiger partial charge on any atom is -0.320 e. The van der Waals surface area contributed by atoms with Crippen molar-refractivity contribution in [2.45, 2.75) is 95.9 Å². The summed E-state index contributed by atoms with van der Waals surface area (Å²) >= 11 is 0. The Labute approximate surface area is 174 Å². The first-order chi connectivity index (χ1) is 13.9. The van der Waals surface area contributed by atoms with Gasteiger partial charge in [-0.2, -0.15) is 0 Å². The fourth-order valence-corrected chi connectivity index (χ4v) is 7.58. The van der Waals surface area contributed by atoms with Crippen molar-refractivity contribution in [2.75, 3.05) is 20.1 Å². The Morgan fingerprint density at radius 1 is 0.821 bits per heavy atom. The van der Waals surface area contributed by atoms with Crippen LogP contribution in [0.5, 0.6) is 0 Å². The molecule has 0 amide bonds. The van der Waals surface area contributed by atoms with Crippen molar-refractivity contribution in [1.82, 2.24) is 10.6 Å². The lowest BCUT2D eigenvalue weighted by molar-refractivity contribution is 0.0468. The van der Waals surface area contributed by atoms with Crippen LogP contribution in [0.4, 0.5) is 0 Å². The Hall–Kier alpha value is -0.340. The minimum atomic E-state index is 0.767. The van der Waals surface area contributed by atoms with Gasteiger partial charge in [-0.15, -0.1) is 0 Å². The molecular weight excluding hydrogens is 340 g/mol. The Balaban J connectivity index is 1.45. The van der Waals surface area contributed by atoms with Crippen LogP contribution < -0.4 is 10.6 Å². The molecule has 0 radical (unpaired) electrons. The van der Waals surface area contributed by atoms with E-state index in [0.717, 1.165) is 41.5 Å². The fourth-order valence-electron chi connectivity index (χ4n) is 7.58. The van der Waals surface area contributed by atoms with Crippen LogP contribution in [0.25, 0.3) is 0 Å². The van der Waals surface area contributed by atoms with Crippen molar-refractivity contribution < 1.29 is 0 Å². The predicted octanol–water partition coefficient (Wildman–Crippen LogP) is 5.93. The molecule has 2 saturated carbocycles. The Morgan fingerprint density at radius 2 is 1.61 bits per heavy atom. The molecule has 0 spiro atoms. The van der Waals surface area contributed by atoms with Crippen LogP contribution in [0, 0.1) is 35.5 Å². The SMILES string of the molecule is CNCCC1NCC(C2CCCCC2C2C=CCCC2)CC1C1CCCCC1. The third-order valence-corrected chi connectivity index (χ3v) is 9.02. The molecule has 0 aromatic rings. The van der Waals surface area contributed by atoms with Crippen molar-refractivity contribution >= 4 is 0 Å². The zero-order chi connectivity index (χ0) is 19.2. The highest BCUT2D eigenvalue weighted by atomic mass is 15.0. The highest BCUT2D eigenvalue weighted by molar-refractivity contribution is 5.01. The van der Waals surface area contributed by atoms with Crippen molar-refractivity contribution in [3.05, 3.63) is 12.2 Å². The second-order valence-electron chi connectivity index (χ2n) is 10.6. The number of hydrogen-bond acceptors (Lipinski definition) is 2. The van der Waals surface area contributed by atoms with E-state index in [1.165, 1.54) is 103 Å². The van der Waals surface area contributed by atoms with Crippen molar-refractivity contribution in [2.24, 2.45) is 35.5 Å². The van der Waals surface area contributed by atoms with Crippen LogP contribution in [-0.2, 0) is 0 Å². The number of hydrogen-bond donors (Lipinski definition) is 2. The van der Waals surface area contributed by atoms with Crippen molar-refractivity contribution in [3.8, 4) is 0 Å². The average Bonchev–Trinajstić information content (AvgIpc) is 2.79. The largest absolute Gasteiger partial charge is 0.320 e. The monoisotopic (exact) mass is 386 g/mol. The van der Waals surface area contributed by atoms with Gasteiger partial charge < -0.3 is 10.6 Å². The summed E-state index contributed by atoms with van der Waals surface area (Å²) in [6.45, 7) is 2.47. The van der Waals surface area contributed by atoms with Gasteiger partial charge in [0.15, 0.2) is 0 Å². The third kappa shape index (κ3) is 5.04. The molecule has 4 aliphatic rings. The molecule has 2 nitrogen and oxygen atoms in total. The Bertz CT molecular complexity index is 481. The molecule has 0 aromatic carbocycles. The van der Waals surface area contributed by atoms with Crippen LogP contribution in [0.15, 0.2) is 12.2 Å². The predicted molar refractivity (Wildman–Crippen MR) is 120 cm³/mol. The van der Waals surface area contributed by atoms with E-state index >= 15 is 0 Å². The summed E-state index contributed by atoms with van der Waals surface area (Å²) in [5, 5.41) is 7.53. The lowest BCUT2D eigenvalue weighted by atomic mass is 9.61. The summed E-state index contributed by atoms with van der Waals surface area (Å²) in [6, 6.07) is 0.767. The zero-order valence-corrected chi connectivity index (χ0v) is 18.5. The van der Waals surface area contributed by atoms with E-state index in [1.807, 2.05) is 0 Å². The molecule has 1 saturated heterocycles. The zero-order valence-electron chi connectivity index (χ0n) is 18.5. The van der Waals surface area contributed by atoms with E-state index in [9.17, 15) is 0 Å². The average molecular weight is 387 g/mol. The normalized spacial score (nSPS) is 40.5. The number of nitrogens with one attached hydrogen (secondary N) is 2. The van der Waals surface area contributed by atoms with Crippen LogP contribution in [0.3, 0.4) is 0 Å². The van der Waals surface area contributed by atoms with Gasteiger partial charge in [-0.05, 0) is 101 Å². The van der Waals surface area contributed by atoms with Gasteiger partial charge in [0.25, 0.3) is 0 Å². The molecule has 0 aromatic heterocycles. The van der Waals surface area contributed by atoms with Crippen LogP contribution >= 0.6 is 0 Å². The number of allylic oxidation sites excluding steroid dienone is 2. The molecule has 1 heterocycles. The summed E-state index contributed by atoms with van der Waals surface area (Å²) in [4.78, 5) is 0. The van der Waals surface area contributed by atoms with Gasteiger partial charge in [-0.1, -0.05) is 57.1 Å². The van der Waals surface area contributed by atoms with Gasteiger partial charge in [0.2, 0.25) is 0 Å². The van der Waals surface area contributed by atoms with Gasteiger partial charge in [0, 0.05) is 6.04 Å². The molecule has 28 heavy (non-hydrogen) atoms. The van der Waals surface area contributed by atoms with Gasteiger partial charge in [0.1, 0.15) is 0 Å². The molecule has 160 valence electrons. The Morgan fingerprint density at radius 3 is 2.36 bits per heavy atom. The highest BCUT2D eigenvalue weighted by Gasteiger charge is 2.42. The van der Waals surface area contributed by atoms with Crippen molar-refractivity contribution in [1.29, 1.82) is 0 Å². The quantitative estimate of drug-likeness (QED) is 0.553. The van der Waals surface area contributed by atoms with Crippen LogP contribution in [0.1, 0.15) is 89.9 Å². The lowest BCUT2D eigenvalue weighted by Gasteiger charge is -2.48. The molecule has 4 rings (SSSR count). The number of piperidine rings is 1. The first kappa shape index (κ1) is 20.9. The molecule has 2 heteroatoms. The standard InChI is InChI=1S/C26H46N2/c1-27-17-16-26-25(21-12-6-3-7-13-21)18-22(19-28-26)24-15-9-8-14-23(24)20-10-4-2-5-11-20/h4,10,20-28H,2-3,5-9,11-19H2,1H3. The maximum atomic E-state index is 4.11. The Kier molecular flexibility index (Phi) is 7.93. The van der Waals surface area contributed by atoms with E-state index in [1.54, 1.807) is 0 Å². The summed E-state index contributed by atoms with van der Waals surface area (Å²) in [6.07, 6.45) is 25.7. The molecular formula is C26H46N2. The third-order valence-electron chi connectivity index (χ3n) is 9.02. The summed E-state index contributed by atoms with van der Waals surface area (Å²) in [5.74, 6) is 5.76. The molecule has 6 atom stereocenters. The maximum Gasteiger partial charge on any atom is 0.0110 e. The summed E-state index contributed by atoms with van der Waals surface area (Å²) < 4.78 is 0. The topological polar surface area (TPSA) is 24.1 Å². The van der Waals surface area contributed by atoms with E-state index < -0.39 is 0 Å². The summed E-state index contributed by atoms with van der Waals surface area (Å²) in [5.41, 5.74) is 0. The molecule has 0 bridgehead atoms. The molecule has 1 aliphatic heterocycles. The summed E-state index contributed by atoms with van der Waals surface area (Å²) in [7, 11) is 2.12. The van der Waals surface area contributed by atoms with Crippen LogP contribution in [0.2, 0.25) is 0 Å². The lowest BCUT2D eigenvalue weighted by Crippen LogP contribution is -2.52. The minimum absolute atomic E-state index is 0.767. The van der Waals surface area contributed by atoms with Gasteiger partial charge in [0.05, 0.1) is 0 Å². The van der Waals surface area contributed by atoms with Gasteiger partial charge in [-0.25, -0.2) is 0 Å². The first-order valence-corrected chi connectivity index (χ1v) is 12.9. The van der Waals surface area contributed by atoms with Crippen LogP contribution in [-0.4, -0.2) is 26.2 Å². The molecule has 3 fully saturated rings. The van der Waals surface area contributed by atoms with Gasteiger partial charge in [-0.3, -0.25) is 0 Å². The fraction of sp³-hybridized carbons (Fsp3) is 0.923. The maximum absolute atomic E-state index is 4.11. The molecule has 2 N–H and O–H groups in total. The molecule has 6 unspecified atom stereocenters.